The Balaban J connectivity index is 0.00000121. The highest BCUT2D eigenvalue weighted by Gasteiger charge is 2.20. The highest BCUT2D eigenvalue weighted by atomic mass is 79.9. The second-order valence-electron chi connectivity index (χ2n) is 3.42. The summed E-state index contributed by atoms with van der Waals surface area (Å²) in [6, 6.07) is 0. The van der Waals surface area contributed by atoms with Gasteiger partial charge in [-0.1, -0.05) is 32.1 Å². The van der Waals surface area contributed by atoms with E-state index >= 15 is 0 Å². The lowest BCUT2D eigenvalue weighted by Gasteiger charge is -2.15. The number of hydrogen-bond donors (Lipinski definition) is 1. The van der Waals surface area contributed by atoms with Gasteiger partial charge in [0.05, 0.1) is 9.48 Å². The number of anilines is 1. The van der Waals surface area contributed by atoms with E-state index in [0.29, 0.717) is 5.13 Å². The number of nitrogen functional groups attached to an aromatic ring is 1. The molecule has 0 aliphatic heterocycles. The SMILES string of the molecule is Br.CC(C)(C)c1nc(N)sc1Br. The monoisotopic (exact) mass is 314 g/mol. The average Bonchev–Trinajstić information content (AvgIpc) is 2.08. The zero-order valence-corrected chi connectivity index (χ0v) is 11.3. The molecule has 1 heterocycles. The summed E-state index contributed by atoms with van der Waals surface area (Å²) in [5.41, 5.74) is 6.67. The summed E-state index contributed by atoms with van der Waals surface area (Å²) in [4.78, 5) is 4.23. The van der Waals surface area contributed by atoms with Crippen molar-refractivity contribution in [2.24, 2.45) is 0 Å². The predicted octanol–water partition coefficient (Wildman–Crippen LogP) is 3.36. The molecule has 2 nitrogen and oxygen atoms in total. The lowest BCUT2D eigenvalue weighted by Crippen LogP contribution is -2.12. The van der Waals surface area contributed by atoms with Crippen molar-refractivity contribution < 1.29 is 0 Å². The van der Waals surface area contributed by atoms with Gasteiger partial charge in [0.15, 0.2) is 5.13 Å². The van der Waals surface area contributed by atoms with E-state index in [4.69, 9.17) is 5.73 Å². The van der Waals surface area contributed by atoms with Crippen LogP contribution in [0.25, 0.3) is 0 Å². The molecule has 0 atom stereocenters. The fourth-order valence-electron chi connectivity index (χ4n) is 0.780. The number of hydrogen-bond acceptors (Lipinski definition) is 3. The average molecular weight is 316 g/mol. The molecule has 0 amide bonds. The molecule has 12 heavy (non-hydrogen) atoms. The number of rotatable bonds is 0. The van der Waals surface area contributed by atoms with Gasteiger partial charge in [-0.15, -0.1) is 17.0 Å². The summed E-state index contributed by atoms with van der Waals surface area (Å²) in [6.45, 7) is 6.35. The number of thiazole rings is 1. The molecule has 0 spiro atoms. The van der Waals surface area contributed by atoms with Gasteiger partial charge in [-0.3, -0.25) is 0 Å². The van der Waals surface area contributed by atoms with E-state index in [2.05, 4.69) is 41.7 Å². The van der Waals surface area contributed by atoms with E-state index in [1.807, 2.05) is 0 Å². The minimum absolute atomic E-state index is 0. The standard InChI is InChI=1S/C7H11BrN2S.BrH/c1-7(2,3)4-5(8)11-6(9)10-4;/h1-3H3,(H2,9,10);1H. The van der Waals surface area contributed by atoms with E-state index in [1.54, 1.807) is 0 Å². The Bertz CT molecular complexity index is 265. The molecular weight excluding hydrogens is 304 g/mol. The van der Waals surface area contributed by atoms with Gasteiger partial charge >= 0.3 is 0 Å². The molecule has 1 rings (SSSR count). The molecule has 0 aliphatic rings. The quantitative estimate of drug-likeness (QED) is 0.797. The minimum Gasteiger partial charge on any atom is -0.375 e. The summed E-state index contributed by atoms with van der Waals surface area (Å²) in [5, 5.41) is 0.627. The zero-order chi connectivity index (χ0) is 8.65. The molecule has 0 saturated heterocycles. The van der Waals surface area contributed by atoms with E-state index in [0.717, 1.165) is 9.48 Å². The topological polar surface area (TPSA) is 38.9 Å². The fourth-order valence-corrected chi connectivity index (χ4v) is 2.73. The molecule has 0 bridgehead atoms. The van der Waals surface area contributed by atoms with Crippen molar-refractivity contribution in [3.8, 4) is 0 Å². The Morgan fingerprint density at radius 2 is 1.92 bits per heavy atom. The number of aromatic nitrogens is 1. The van der Waals surface area contributed by atoms with Gasteiger partial charge in [-0.05, 0) is 15.9 Å². The van der Waals surface area contributed by atoms with E-state index in [9.17, 15) is 0 Å². The maximum atomic E-state index is 5.55. The number of nitrogens with zero attached hydrogens (tertiary/aromatic N) is 1. The largest absolute Gasteiger partial charge is 0.375 e. The van der Waals surface area contributed by atoms with Gasteiger partial charge in [0.2, 0.25) is 0 Å². The molecule has 2 N–H and O–H groups in total. The second kappa shape index (κ2) is 4.07. The van der Waals surface area contributed by atoms with Crippen molar-refractivity contribution in [3.63, 3.8) is 0 Å². The molecular formula is C7H12Br2N2S. The molecule has 0 unspecified atom stereocenters. The van der Waals surface area contributed by atoms with Crippen LogP contribution in [0.5, 0.6) is 0 Å². The third-order valence-corrected chi connectivity index (χ3v) is 2.85. The number of halogens is 2. The summed E-state index contributed by atoms with van der Waals surface area (Å²) in [7, 11) is 0. The van der Waals surface area contributed by atoms with Gasteiger partial charge in [0.25, 0.3) is 0 Å². The van der Waals surface area contributed by atoms with Crippen molar-refractivity contribution in [1.29, 1.82) is 0 Å². The molecule has 0 fully saturated rings. The van der Waals surface area contributed by atoms with Gasteiger partial charge in [0.1, 0.15) is 0 Å². The first kappa shape index (κ1) is 12.4. The molecule has 1 aromatic rings. The van der Waals surface area contributed by atoms with Crippen LogP contribution in [0.4, 0.5) is 5.13 Å². The third kappa shape index (κ3) is 2.71. The van der Waals surface area contributed by atoms with Crippen LogP contribution in [-0.2, 0) is 5.41 Å². The van der Waals surface area contributed by atoms with Crippen LogP contribution in [-0.4, -0.2) is 4.98 Å². The van der Waals surface area contributed by atoms with Crippen LogP contribution in [0.3, 0.4) is 0 Å². The Kier molecular flexibility index (Phi) is 4.20. The molecule has 1 aromatic heterocycles. The van der Waals surface area contributed by atoms with Crippen molar-refractivity contribution in [2.75, 3.05) is 5.73 Å². The van der Waals surface area contributed by atoms with Crippen LogP contribution in [0.2, 0.25) is 0 Å². The van der Waals surface area contributed by atoms with Crippen molar-refractivity contribution in [2.45, 2.75) is 26.2 Å². The maximum Gasteiger partial charge on any atom is 0.181 e. The Hall–Kier alpha value is 0.390. The highest BCUT2D eigenvalue weighted by Crippen LogP contribution is 2.34. The van der Waals surface area contributed by atoms with Crippen LogP contribution >= 0.6 is 44.2 Å². The molecule has 5 heteroatoms. The summed E-state index contributed by atoms with van der Waals surface area (Å²) in [5.74, 6) is 0. The van der Waals surface area contributed by atoms with Crippen molar-refractivity contribution >= 4 is 49.4 Å². The highest BCUT2D eigenvalue weighted by molar-refractivity contribution is 9.11. The molecule has 0 aliphatic carbocycles. The van der Waals surface area contributed by atoms with E-state index < -0.39 is 0 Å². The first-order valence-corrected chi connectivity index (χ1v) is 4.94. The van der Waals surface area contributed by atoms with Gasteiger partial charge in [-0.2, -0.15) is 0 Å². The van der Waals surface area contributed by atoms with E-state index in [-0.39, 0.29) is 22.4 Å². The second-order valence-corrected chi connectivity index (χ2v) is 5.77. The van der Waals surface area contributed by atoms with Gasteiger partial charge in [0, 0.05) is 5.41 Å². The summed E-state index contributed by atoms with van der Waals surface area (Å²) < 4.78 is 1.04. The van der Waals surface area contributed by atoms with Crippen LogP contribution in [0.15, 0.2) is 3.79 Å². The normalized spacial score (nSPS) is 11.0. The Morgan fingerprint density at radius 1 is 1.42 bits per heavy atom. The summed E-state index contributed by atoms with van der Waals surface area (Å²) >= 11 is 4.91. The zero-order valence-electron chi connectivity index (χ0n) is 7.22. The molecule has 0 aromatic carbocycles. The van der Waals surface area contributed by atoms with E-state index in [1.165, 1.54) is 11.3 Å². The lowest BCUT2D eigenvalue weighted by molar-refractivity contribution is 0.571. The first-order chi connectivity index (χ1) is 4.91. The third-order valence-electron chi connectivity index (χ3n) is 1.31. The number of nitrogens with two attached hydrogens (primary N) is 1. The van der Waals surface area contributed by atoms with Gasteiger partial charge in [-0.25, -0.2) is 4.98 Å². The maximum absolute atomic E-state index is 5.55. The Morgan fingerprint density at radius 3 is 2.08 bits per heavy atom. The van der Waals surface area contributed by atoms with Crippen molar-refractivity contribution in [3.05, 3.63) is 9.48 Å². The smallest absolute Gasteiger partial charge is 0.181 e. The first-order valence-electron chi connectivity index (χ1n) is 3.33. The van der Waals surface area contributed by atoms with Crippen molar-refractivity contribution in [1.82, 2.24) is 4.98 Å². The predicted molar refractivity (Wildman–Crippen MR) is 63.2 cm³/mol. The van der Waals surface area contributed by atoms with Crippen LogP contribution in [0.1, 0.15) is 26.5 Å². The lowest BCUT2D eigenvalue weighted by atomic mass is 9.93. The molecule has 0 radical (unpaired) electrons. The Labute approximate surface area is 95.5 Å². The minimum atomic E-state index is 0. The molecule has 70 valence electrons. The summed E-state index contributed by atoms with van der Waals surface area (Å²) in [6.07, 6.45) is 0. The van der Waals surface area contributed by atoms with Crippen LogP contribution in [0, 0.1) is 0 Å². The molecule has 0 saturated carbocycles. The fraction of sp³-hybridized carbons (Fsp3) is 0.571. The van der Waals surface area contributed by atoms with Crippen LogP contribution < -0.4 is 5.73 Å². The van der Waals surface area contributed by atoms with Gasteiger partial charge < -0.3 is 5.73 Å².